The van der Waals surface area contributed by atoms with Crippen molar-refractivity contribution in [3.05, 3.63) is 59.2 Å². The number of aliphatic hydroxyl groups is 1. The second-order valence-corrected chi connectivity index (χ2v) is 6.71. The molecule has 0 spiro atoms. The Morgan fingerprint density at radius 3 is 2.72 bits per heavy atom. The van der Waals surface area contributed by atoms with Gasteiger partial charge in [0.05, 0.1) is 0 Å². The minimum Gasteiger partial charge on any atom is -0.396 e. The number of carbonyl (C=O) groups is 1. The predicted molar refractivity (Wildman–Crippen MR) is 101 cm³/mol. The number of hydrogen-bond acceptors (Lipinski definition) is 3. The van der Waals surface area contributed by atoms with Crippen LogP contribution in [0.5, 0.6) is 0 Å². The summed E-state index contributed by atoms with van der Waals surface area (Å²) >= 11 is 0. The van der Waals surface area contributed by atoms with Gasteiger partial charge in [-0.25, -0.2) is 0 Å². The average molecular weight is 359 g/mol. The molecule has 2 aromatic carbocycles. The third-order valence-electron chi connectivity index (χ3n) is 5.22. The lowest BCUT2D eigenvalue weighted by Crippen LogP contribution is -2.28. The third kappa shape index (κ3) is 3.43. The van der Waals surface area contributed by atoms with Crippen molar-refractivity contribution in [2.24, 2.45) is 5.92 Å². The molecule has 0 aliphatic carbocycles. The van der Waals surface area contributed by atoms with E-state index in [1.165, 1.54) is 0 Å². The van der Waals surface area contributed by atoms with Crippen LogP contribution in [0.4, 0.5) is 0 Å². The van der Waals surface area contributed by atoms with Crippen LogP contribution >= 0.6 is 12.4 Å². The van der Waals surface area contributed by atoms with Crippen molar-refractivity contribution in [3.63, 3.8) is 0 Å². The molecule has 4 rings (SSSR count). The first kappa shape index (κ1) is 17.9. The Bertz CT molecular complexity index is 778. The Hall–Kier alpha value is -1.88. The number of hydrogen-bond donors (Lipinski definition) is 3. The highest BCUT2D eigenvalue weighted by Gasteiger charge is 2.34. The Morgan fingerprint density at radius 1 is 1.04 bits per heavy atom. The van der Waals surface area contributed by atoms with Gasteiger partial charge in [-0.15, -0.1) is 12.4 Å². The standard InChI is InChI=1S/C20H22N2O2.ClH/c23-7-6-13-2-1-3-14(8-13)15-4-5-17-18(9-15)20(24)22-11-16-10-21-12-19(16)17;/h1-5,8-9,16,19,21,23H,6-7,10-12H2,(H,22,24);1H. The Kier molecular flexibility index (Phi) is 5.42. The van der Waals surface area contributed by atoms with E-state index in [2.05, 4.69) is 34.9 Å². The van der Waals surface area contributed by atoms with Crippen molar-refractivity contribution in [1.29, 1.82) is 0 Å². The second-order valence-electron chi connectivity index (χ2n) is 6.71. The average Bonchev–Trinajstić information content (AvgIpc) is 3.03. The molecule has 2 atom stereocenters. The minimum absolute atomic E-state index is 0. The molecule has 2 unspecified atom stereocenters. The zero-order valence-electron chi connectivity index (χ0n) is 14.0. The second kappa shape index (κ2) is 7.56. The number of amides is 1. The van der Waals surface area contributed by atoms with Crippen LogP contribution in [0.3, 0.4) is 0 Å². The van der Waals surface area contributed by atoms with Gasteiger partial charge in [0.15, 0.2) is 0 Å². The van der Waals surface area contributed by atoms with Crippen LogP contribution in [0.1, 0.15) is 27.4 Å². The molecule has 4 nitrogen and oxygen atoms in total. The lowest BCUT2D eigenvalue weighted by molar-refractivity contribution is 0.0952. The summed E-state index contributed by atoms with van der Waals surface area (Å²) in [5, 5.41) is 15.6. The summed E-state index contributed by atoms with van der Waals surface area (Å²) < 4.78 is 0. The van der Waals surface area contributed by atoms with Crippen LogP contribution in [0.25, 0.3) is 11.1 Å². The highest BCUT2D eigenvalue weighted by atomic mass is 35.5. The van der Waals surface area contributed by atoms with Crippen LogP contribution in [0.2, 0.25) is 0 Å². The SMILES string of the molecule is Cl.O=C1NCC2CNCC2c2ccc(-c3cccc(CCO)c3)cc21. The van der Waals surface area contributed by atoms with Gasteiger partial charge in [0, 0.05) is 37.7 Å². The van der Waals surface area contributed by atoms with Crippen LogP contribution in [-0.2, 0) is 6.42 Å². The van der Waals surface area contributed by atoms with Gasteiger partial charge in [-0.1, -0.05) is 36.4 Å². The first-order valence-electron chi connectivity index (χ1n) is 8.59. The van der Waals surface area contributed by atoms with E-state index in [9.17, 15) is 4.79 Å². The van der Waals surface area contributed by atoms with Gasteiger partial charge in [0.1, 0.15) is 0 Å². The maximum Gasteiger partial charge on any atom is 0.251 e. The summed E-state index contributed by atoms with van der Waals surface area (Å²) in [5.41, 5.74) is 5.20. The monoisotopic (exact) mass is 358 g/mol. The van der Waals surface area contributed by atoms with E-state index < -0.39 is 0 Å². The van der Waals surface area contributed by atoms with E-state index in [-0.39, 0.29) is 24.9 Å². The number of halogens is 1. The maximum atomic E-state index is 12.5. The fourth-order valence-corrected chi connectivity index (χ4v) is 3.92. The number of fused-ring (bicyclic) bond motifs is 3. The molecule has 2 aliphatic heterocycles. The molecule has 1 saturated heterocycles. The number of carbonyl (C=O) groups excluding carboxylic acids is 1. The van der Waals surface area contributed by atoms with Gasteiger partial charge >= 0.3 is 0 Å². The normalized spacial score (nSPS) is 21.6. The molecule has 5 heteroatoms. The Labute approximate surface area is 154 Å². The molecule has 0 radical (unpaired) electrons. The molecule has 3 N–H and O–H groups in total. The summed E-state index contributed by atoms with van der Waals surface area (Å²) in [7, 11) is 0. The van der Waals surface area contributed by atoms with Gasteiger partial charge < -0.3 is 15.7 Å². The fraction of sp³-hybridized carbons (Fsp3) is 0.350. The van der Waals surface area contributed by atoms with Crippen molar-refractivity contribution < 1.29 is 9.90 Å². The van der Waals surface area contributed by atoms with E-state index in [0.29, 0.717) is 18.3 Å². The molecule has 25 heavy (non-hydrogen) atoms. The van der Waals surface area contributed by atoms with Crippen LogP contribution in [0, 0.1) is 5.92 Å². The molecular formula is C20H23ClN2O2. The van der Waals surface area contributed by atoms with Crippen molar-refractivity contribution in [1.82, 2.24) is 10.6 Å². The summed E-state index contributed by atoms with van der Waals surface area (Å²) in [6, 6.07) is 14.4. The van der Waals surface area contributed by atoms with E-state index in [1.54, 1.807) is 0 Å². The van der Waals surface area contributed by atoms with Crippen molar-refractivity contribution in [2.75, 3.05) is 26.2 Å². The highest BCUT2D eigenvalue weighted by molar-refractivity contribution is 5.97. The molecule has 2 heterocycles. The largest absolute Gasteiger partial charge is 0.396 e. The fourth-order valence-electron chi connectivity index (χ4n) is 3.92. The summed E-state index contributed by atoms with van der Waals surface area (Å²) in [6.45, 7) is 2.80. The first-order chi connectivity index (χ1) is 11.8. The maximum absolute atomic E-state index is 12.5. The third-order valence-corrected chi connectivity index (χ3v) is 5.22. The minimum atomic E-state index is 0. The molecule has 132 valence electrons. The lowest BCUT2D eigenvalue weighted by Gasteiger charge is -2.17. The molecular weight excluding hydrogens is 336 g/mol. The van der Waals surface area contributed by atoms with E-state index in [4.69, 9.17) is 5.11 Å². The van der Waals surface area contributed by atoms with Gasteiger partial charge in [-0.05, 0) is 40.7 Å². The Balaban J connectivity index is 0.00000182. The molecule has 1 fully saturated rings. The van der Waals surface area contributed by atoms with Gasteiger partial charge in [0.25, 0.3) is 5.91 Å². The molecule has 1 amide bonds. The number of benzene rings is 2. The number of nitrogens with one attached hydrogen (secondary N) is 2. The van der Waals surface area contributed by atoms with Crippen LogP contribution in [0.15, 0.2) is 42.5 Å². The van der Waals surface area contributed by atoms with Gasteiger partial charge in [-0.2, -0.15) is 0 Å². The molecule has 2 aromatic rings. The zero-order valence-corrected chi connectivity index (χ0v) is 14.8. The number of aliphatic hydroxyl groups excluding tert-OH is 1. The van der Waals surface area contributed by atoms with Crippen molar-refractivity contribution in [3.8, 4) is 11.1 Å². The van der Waals surface area contributed by atoms with Crippen LogP contribution in [-0.4, -0.2) is 37.3 Å². The van der Waals surface area contributed by atoms with Crippen molar-refractivity contribution in [2.45, 2.75) is 12.3 Å². The van der Waals surface area contributed by atoms with E-state index >= 15 is 0 Å². The molecule has 0 aromatic heterocycles. The summed E-state index contributed by atoms with van der Waals surface area (Å²) in [6.07, 6.45) is 0.648. The van der Waals surface area contributed by atoms with Gasteiger partial charge in [-0.3, -0.25) is 4.79 Å². The highest BCUT2D eigenvalue weighted by Crippen LogP contribution is 2.34. The van der Waals surface area contributed by atoms with E-state index in [0.717, 1.165) is 47.5 Å². The Morgan fingerprint density at radius 2 is 1.88 bits per heavy atom. The lowest BCUT2D eigenvalue weighted by atomic mass is 9.86. The van der Waals surface area contributed by atoms with Gasteiger partial charge in [0.2, 0.25) is 0 Å². The first-order valence-corrected chi connectivity index (χ1v) is 8.59. The summed E-state index contributed by atoms with van der Waals surface area (Å²) in [4.78, 5) is 12.5. The number of rotatable bonds is 3. The quantitative estimate of drug-likeness (QED) is 0.789. The smallest absolute Gasteiger partial charge is 0.251 e. The summed E-state index contributed by atoms with van der Waals surface area (Å²) in [5.74, 6) is 0.926. The van der Waals surface area contributed by atoms with Crippen LogP contribution < -0.4 is 10.6 Å². The topological polar surface area (TPSA) is 61.4 Å². The van der Waals surface area contributed by atoms with Crippen molar-refractivity contribution >= 4 is 18.3 Å². The molecule has 0 saturated carbocycles. The molecule has 2 aliphatic rings. The zero-order chi connectivity index (χ0) is 16.5. The van der Waals surface area contributed by atoms with E-state index in [1.807, 2.05) is 18.2 Å². The molecule has 0 bridgehead atoms. The predicted octanol–water partition coefficient (Wildman–Crippen LogP) is 2.36.